The Labute approximate surface area is 98.4 Å². The highest BCUT2D eigenvalue weighted by atomic mass is 16.1. The molecule has 1 atom stereocenters. The lowest BCUT2D eigenvalue weighted by atomic mass is 9.97. The standard InChI is InChI=1S/C14H22O2/c1-3-5-6-7-11-14(16)13(9-4-2)10-8-12-15/h7-8,10-13H,3-6,9H2,1-2H3. The third-order valence-electron chi connectivity index (χ3n) is 2.39. The molecule has 1 unspecified atom stereocenters. The molecule has 0 aliphatic carbocycles. The van der Waals surface area contributed by atoms with Crippen LogP contribution in [0.5, 0.6) is 0 Å². The second-order valence-electron chi connectivity index (χ2n) is 3.86. The molecule has 2 nitrogen and oxygen atoms in total. The van der Waals surface area contributed by atoms with Crippen molar-refractivity contribution in [1.82, 2.24) is 0 Å². The minimum absolute atomic E-state index is 0.107. The van der Waals surface area contributed by atoms with Crippen molar-refractivity contribution in [2.75, 3.05) is 0 Å². The number of hydrogen-bond acceptors (Lipinski definition) is 2. The van der Waals surface area contributed by atoms with E-state index in [0.29, 0.717) is 0 Å². The molecule has 0 aromatic rings. The summed E-state index contributed by atoms with van der Waals surface area (Å²) < 4.78 is 0. The maximum Gasteiger partial charge on any atom is 0.162 e. The van der Waals surface area contributed by atoms with Crippen LogP contribution in [-0.2, 0) is 9.59 Å². The van der Waals surface area contributed by atoms with Gasteiger partial charge in [0.15, 0.2) is 5.78 Å². The van der Waals surface area contributed by atoms with Crippen molar-refractivity contribution in [1.29, 1.82) is 0 Å². The van der Waals surface area contributed by atoms with Crippen molar-refractivity contribution in [2.45, 2.75) is 46.0 Å². The fourth-order valence-electron chi connectivity index (χ4n) is 1.47. The van der Waals surface area contributed by atoms with Gasteiger partial charge < -0.3 is 0 Å². The summed E-state index contributed by atoms with van der Waals surface area (Å²) in [4.78, 5) is 22.0. The van der Waals surface area contributed by atoms with E-state index < -0.39 is 0 Å². The molecule has 0 aromatic carbocycles. The topological polar surface area (TPSA) is 34.1 Å². The molecule has 0 fully saturated rings. The van der Waals surface area contributed by atoms with Crippen LogP contribution < -0.4 is 0 Å². The lowest BCUT2D eigenvalue weighted by Crippen LogP contribution is -2.09. The molecule has 0 N–H and O–H groups in total. The van der Waals surface area contributed by atoms with Crippen LogP contribution in [0.3, 0.4) is 0 Å². The van der Waals surface area contributed by atoms with Gasteiger partial charge in [0.05, 0.1) is 0 Å². The van der Waals surface area contributed by atoms with E-state index in [1.807, 2.05) is 13.0 Å². The molecule has 0 saturated heterocycles. The van der Waals surface area contributed by atoms with Gasteiger partial charge in [0.25, 0.3) is 0 Å². The van der Waals surface area contributed by atoms with Crippen LogP contribution >= 0.6 is 0 Å². The molecular weight excluding hydrogens is 200 g/mol. The van der Waals surface area contributed by atoms with Crippen LogP contribution in [0.4, 0.5) is 0 Å². The molecule has 16 heavy (non-hydrogen) atoms. The number of rotatable bonds is 9. The Morgan fingerprint density at radius 2 is 2.00 bits per heavy atom. The first-order chi connectivity index (χ1) is 7.76. The first-order valence-electron chi connectivity index (χ1n) is 6.08. The number of unbranched alkanes of at least 4 members (excludes halogenated alkanes) is 2. The number of ketones is 1. The van der Waals surface area contributed by atoms with Crippen LogP contribution in [0.25, 0.3) is 0 Å². The predicted octanol–water partition coefficient (Wildman–Crippen LogP) is 3.47. The third kappa shape index (κ3) is 7.16. The van der Waals surface area contributed by atoms with Crippen molar-refractivity contribution in [3.05, 3.63) is 24.3 Å². The van der Waals surface area contributed by atoms with E-state index in [0.717, 1.165) is 38.4 Å². The van der Waals surface area contributed by atoms with E-state index >= 15 is 0 Å². The number of aldehydes is 1. The van der Waals surface area contributed by atoms with Gasteiger partial charge in [0.1, 0.15) is 6.29 Å². The van der Waals surface area contributed by atoms with Crippen molar-refractivity contribution >= 4 is 12.1 Å². The maximum absolute atomic E-state index is 11.7. The molecule has 0 heterocycles. The zero-order valence-corrected chi connectivity index (χ0v) is 10.3. The lowest BCUT2D eigenvalue weighted by Gasteiger charge is -2.06. The fraction of sp³-hybridized carbons (Fsp3) is 0.571. The van der Waals surface area contributed by atoms with Crippen molar-refractivity contribution in [3.8, 4) is 0 Å². The van der Waals surface area contributed by atoms with Crippen molar-refractivity contribution in [2.24, 2.45) is 5.92 Å². The van der Waals surface area contributed by atoms with Crippen LogP contribution in [0.2, 0.25) is 0 Å². The van der Waals surface area contributed by atoms with Crippen molar-refractivity contribution in [3.63, 3.8) is 0 Å². The highest BCUT2D eigenvalue weighted by Gasteiger charge is 2.10. The van der Waals surface area contributed by atoms with Gasteiger partial charge in [-0.25, -0.2) is 0 Å². The van der Waals surface area contributed by atoms with E-state index in [1.165, 1.54) is 6.08 Å². The summed E-state index contributed by atoms with van der Waals surface area (Å²) in [6.45, 7) is 4.16. The van der Waals surface area contributed by atoms with E-state index in [1.54, 1.807) is 12.2 Å². The first-order valence-corrected chi connectivity index (χ1v) is 6.08. The van der Waals surface area contributed by atoms with Gasteiger partial charge in [-0.2, -0.15) is 0 Å². The minimum Gasteiger partial charge on any atom is -0.299 e. The molecular formula is C14H22O2. The quantitative estimate of drug-likeness (QED) is 0.340. The summed E-state index contributed by atoms with van der Waals surface area (Å²) in [5.41, 5.74) is 0. The normalized spacial score (nSPS) is 13.4. The molecule has 0 aromatic heterocycles. The second kappa shape index (κ2) is 10.3. The van der Waals surface area contributed by atoms with Crippen LogP contribution in [0.15, 0.2) is 24.3 Å². The van der Waals surface area contributed by atoms with Gasteiger partial charge in [0, 0.05) is 5.92 Å². The largest absolute Gasteiger partial charge is 0.299 e. The Morgan fingerprint density at radius 3 is 2.56 bits per heavy atom. The Bertz CT molecular complexity index is 251. The number of carbonyl (C=O) groups is 2. The SMILES string of the molecule is CCCCC=CC(=O)C(C=CC=O)CCC. The van der Waals surface area contributed by atoms with Crippen LogP contribution in [0.1, 0.15) is 46.0 Å². The number of allylic oxidation sites excluding steroid dienone is 4. The Balaban J connectivity index is 4.20. The van der Waals surface area contributed by atoms with Gasteiger partial charge in [-0.05, 0) is 25.0 Å². The summed E-state index contributed by atoms with van der Waals surface area (Å²) in [6.07, 6.45) is 12.4. The lowest BCUT2D eigenvalue weighted by molar-refractivity contribution is -0.117. The van der Waals surface area contributed by atoms with Crippen LogP contribution in [-0.4, -0.2) is 12.1 Å². The van der Waals surface area contributed by atoms with Crippen LogP contribution in [0, 0.1) is 5.92 Å². The summed E-state index contributed by atoms with van der Waals surface area (Å²) in [5, 5.41) is 0. The summed E-state index contributed by atoms with van der Waals surface area (Å²) in [5.74, 6) is -0.0240. The van der Waals surface area contributed by atoms with Gasteiger partial charge in [-0.15, -0.1) is 0 Å². The Kier molecular flexibility index (Phi) is 9.58. The molecule has 0 aliphatic rings. The Hall–Kier alpha value is -1.18. The monoisotopic (exact) mass is 222 g/mol. The predicted molar refractivity (Wildman–Crippen MR) is 67.3 cm³/mol. The molecule has 90 valence electrons. The fourth-order valence-corrected chi connectivity index (χ4v) is 1.47. The zero-order valence-electron chi connectivity index (χ0n) is 10.3. The highest BCUT2D eigenvalue weighted by molar-refractivity contribution is 5.93. The maximum atomic E-state index is 11.7. The molecule has 0 radical (unpaired) electrons. The average molecular weight is 222 g/mol. The minimum atomic E-state index is -0.131. The molecule has 0 bridgehead atoms. The van der Waals surface area contributed by atoms with Gasteiger partial charge >= 0.3 is 0 Å². The third-order valence-corrected chi connectivity index (χ3v) is 2.39. The molecule has 0 rings (SSSR count). The molecule has 0 spiro atoms. The van der Waals surface area contributed by atoms with Crippen molar-refractivity contribution < 1.29 is 9.59 Å². The summed E-state index contributed by atoms with van der Waals surface area (Å²) in [6, 6.07) is 0. The van der Waals surface area contributed by atoms with Gasteiger partial charge in [-0.3, -0.25) is 9.59 Å². The summed E-state index contributed by atoms with van der Waals surface area (Å²) >= 11 is 0. The van der Waals surface area contributed by atoms with E-state index in [4.69, 9.17) is 0 Å². The first kappa shape index (κ1) is 14.8. The zero-order chi connectivity index (χ0) is 12.2. The molecule has 0 aliphatic heterocycles. The second-order valence-corrected chi connectivity index (χ2v) is 3.86. The highest BCUT2D eigenvalue weighted by Crippen LogP contribution is 2.10. The number of hydrogen-bond donors (Lipinski definition) is 0. The van der Waals surface area contributed by atoms with E-state index in [9.17, 15) is 9.59 Å². The summed E-state index contributed by atoms with van der Waals surface area (Å²) in [7, 11) is 0. The Morgan fingerprint density at radius 1 is 1.25 bits per heavy atom. The van der Waals surface area contributed by atoms with Gasteiger partial charge in [-0.1, -0.05) is 45.3 Å². The van der Waals surface area contributed by atoms with E-state index in [2.05, 4.69) is 6.92 Å². The molecule has 0 amide bonds. The van der Waals surface area contributed by atoms with E-state index in [-0.39, 0.29) is 11.7 Å². The van der Waals surface area contributed by atoms with Gasteiger partial charge in [0.2, 0.25) is 0 Å². The number of carbonyl (C=O) groups excluding carboxylic acids is 2. The average Bonchev–Trinajstić information content (AvgIpc) is 2.29. The molecule has 2 heteroatoms. The smallest absolute Gasteiger partial charge is 0.162 e. The molecule has 0 saturated carbocycles.